The first-order chi connectivity index (χ1) is 8.79. The van der Waals surface area contributed by atoms with Gasteiger partial charge in [-0.05, 0) is 30.5 Å². The molecule has 0 radical (unpaired) electrons. The summed E-state index contributed by atoms with van der Waals surface area (Å²) in [6.45, 7) is 6.98. The topological polar surface area (TPSA) is 92.8 Å². The van der Waals surface area contributed by atoms with Gasteiger partial charge in [-0.1, -0.05) is 32.6 Å². The maximum Gasteiger partial charge on any atom is 0.368 e. The van der Waals surface area contributed by atoms with Crippen molar-refractivity contribution in [3.05, 3.63) is 30.3 Å². The molecule has 0 aliphatic carbocycles. The Morgan fingerprint density at radius 1 is 1.42 bits per heavy atom. The molecule has 0 aromatic heterocycles. The SMILES string of the molecule is C=Cc1ccc(OC(CC)(CC)P(=O)(O)O)c(N)c1. The largest absolute Gasteiger partial charge is 0.472 e. The van der Waals surface area contributed by atoms with Gasteiger partial charge in [0.1, 0.15) is 5.75 Å². The Hall–Kier alpha value is -1.29. The molecule has 0 bridgehead atoms. The number of nitrogens with two attached hydrogens (primary N) is 1. The van der Waals surface area contributed by atoms with E-state index in [4.69, 9.17) is 10.5 Å². The zero-order chi connectivity index (χ0) is 14.7. The molecular weight excluding hydrogens is 265 g/mol. The van der Waals surface area contributed by atoms with Crippen LogP contribution in [0.3, 0.4) is 0 Å². The normalized spacial score (nSPS) is 12.2. The molecule has 0 saturated heterocycles. The molecule has 0 aliphatic rings. The van der Waals surface area contributed by atoms with Crippen LogP contribution in [0.1, 0.15) is 32.3 Å². The molecule has 19 heavy (non-hydrogen) atoms. The average Bonchev–Trinajstić information content (AvgIpc) is 2.36. The molecule has 0 saturated carbocycles. The summed E-state index contributed by atoms with van der Waals surface area (Å²) in [6, 6.07) is 4.98. The minimum atomic E-state index is -4.41. The molecule has 1 rings (SSSR count). The third-order valence-corrected chi connectivity index (χ3v) is 4.99. The predicted octanol–water partition coefficient (Wildman–Crippen LogP) is 2.98. The number of hydrogen-bond donors (Lipinski definition) is 3. The third kappa shape index (κ3) is 3.18. The third-order valence-electron chi connectivity index (χ3n) is 3.21. The van der Waals surface area contributed by atoms with Crippen LogP contribution < -0.4 is 10.5 Å². The quantitative estimate of drug-likeness (QED) is 0.552. The molecular formula is C13H20NO4P. The van der Waals surface area contributed by atoms with Crippen molar-refractivity contribution in [2.45, 2.75) is 32.0 Å². The van der Waals surface area contributed by atoms with Gasteiger partial charge in [-0.15, -0.1) is 0 Å². The average molecular weight is 285 g/mol. The lowest BCUT2D eigenvalue weighted by Crippen LogP contribution is -2.34. The molecule has 0 heterocycles. The summed E-state index contributed by atoms with van der Waals surface area (Å²) in [5.41, 5.74) is 6.98. The Kier molecular flexibility index (Phi) is 4.80. The summed E-state index contributed by atoms with van der Waals surface area (Å²) in [7, 11) is -4.41. The van der Waals surface area contributed by atoms with Crippen molar-refractivity contribution in [1.29, 1.82) is 0 Å². The van der Waals surface area contributed by atoms with Crippen molar-refractivity contribution in [3.8, 4) is 5.75 Å². The maximum atomic E-state index is 11.7. The van der Waals surface area contributed by atoms with Gasteiger partial charge in [-0.3, -0.25) is 4.57 Å². The second-order valence-electron chi connectivity index (χ2n) is 4.30. The lowest BCUT2D eigenvalue weighted by Gasteiger charge is -2.33. The fraction of sp³-hybridized carbons (Fsp3) is 0.385. The fourth-order valence-corrected chi connectivity index (χ4v) is 2.90. The van der Waals surface area contributed by atoms with E-state index in [0.29, 0.717) is 5.69 Å². The van der Waals surface area contributed by atoms with Crippen LogP contribution in [0.2, 0.25) is 0 Å². The summed E-state index contributed by atoms with van der Waals surface area (Å²) in [4.78, 5) is 19.0. The van der Waals surface area contributed by atoms with E-state index >= 15 is 0 Å². The molecule has 1 aromatic rings. The summed E-state index contributed by atoms with van der Waals surface area (Å²) < 4.78 is 17.2. The summed E-state index contributed by atoms with van der Waals surface area (Å²) in [5, 5.41) is -1.53. The minimum absolute atomic E-state index is 0.191. The molecule has 6 heteroatoms. The van der Waals surface area contributed by atoms with Gasteiger partial charge in [0.05, 0.1) is 5.69 Å². The highest BCUT2D eigenvalue weighted by molar-refractivity contribution is 7.53. The highest BCUT2D eigenvalue weighted by atomic mass is 31.2. The standard InChI is InChI=1S/C13H20NO4P/c1-4-10-7-8-12(11(14)9-10)18-13(5-2,6-3)19(15,16)17/h4,7-9H,1,5-6,14H2,2-3H3,(H2,15,16,17). The lowest BCUT2D eigenvalue weighted by molar-refractivity contribution is 0.109. The van der Waals surface area contributed by atoms with Crippen molar-refractivity contribution in [2.24, 2.45) is 0 Å². The number of anilines is 1. The van der Waals surface area contributed by atoms with Gasteiger partial charge in [-0.2, -0.15) is 0 Å². The van der Waals surface area contributed by atoms with Gasteiger partial charge < -0.3 is 20.3 Å². The Morgan fingerprint density at radius 3 is 2.37 bits per heavy atom. The van der Waals surface area contributed by atoms with E-state index in [9.17, 15) is 14.4 Å². The van der Waals surface area contributed by atoms with E-state index in [0.717, 1.165) is 5.56 Å². The first-order valence-electron chi connectivity index (χ1n) is 6.06. The van der Waals surface area contributed by atoms with Crippen LogP contribution in [-0.2, 0) is 4.57 Å². The van der Waals surface area contributed by atoms with E-state index in [1.165, 1.54) is 0 Å². The van der Waals surface area contributed by atoms with Gasteiger partial charge in [0.25, 0.3) is 0 Å². The smallest absolute Gasteiger partial charge is 0.368 e. The van der Waals surface area contributed by atoms with Crippen molar-refractivity contribution in [1.82, 2.24) is 0 Å². The fourth-order valence-electron chi connectivity index (χ4n) is 1.86. The number of ether oxygens (including phenoxy) is 1. The minimum Gasteiger partial charge on any atom is -0.472 e. The van der Waals surface area contributed by atoms with Crippen LogP contribution in [0.15, 0.2) is 24.8 Å². The summed E-state index contributed by atoms with van der Waals surface area (Å²) in [6.07, 6.45) is 2.02. The van der Waals surface area contributed by atoms with E-state index in [1.807, 2.05) is 0 Å². The molecule has 5 nitrogen and oxygen atoms in total. The van der Waals surface area contributed by atoms with E-state index in [2.05, 4.69) is 6.58 Å². The van der Waals surface area contributed by atoms with Crippen LogP contribution in [0.4, 0.5) is 5.69 Å². The molecule has 0 spiro atoms. The van der Waals surface area contributed by atoms with Crippen molar-refractivity contribution in [3.63, 3.8) is 0 Å². The molecule has 0 aliphatic heterocycles. The Balaban J connectivity index is 3.18. The molecule has 0 amide bonds. The molecule has 4 N–H and O–H groups in total. The van der Waals surface area contributed by atoms with Gasteiger partial charge >= 0.3 is 7.60 Å². The molecule has 1 aromatic carbocycles. The zero-order valence-electron chi connectivity index (χ0n) is 11.2. The second-order valence-corrected chi connectivity index (χ2v) is 6.20. The monoisotopic (exact) mass is 285 g/mol. The first kappa shape index (κ1) is 15.8. The zero-order valence-corrected chi connectivity index (χ0v) is 12.1. The van der Waals surface area contributed by atoms with Crippen molar-refractivity contribution in [2.75, 3.05) is 5.73 Å². The lowest BCUT2D eigenvalue weighted by atomic mass is 10.1. The van der Waals surface area contributed by atoms with E-state index in [-0.39, 0.29) is 18.6 Å². The Morgan fingerprint density at radius 2 is 2.00 bits per heavy atom. The highest BCUT2D eigenvalue weighted by Gasteiger charge is 2.46. The van der Waals surface area contributed by atoms with Gasteiger partial charge in [0.2, 0.25) is 5.34 Å². The Labute approximate surface area is 113 Å². The number of rotatable bonds is 6. The van der Waals surface area contributed by atoms with Crippen molar-refractivity contribution >= 4 is 19.4 Å². The number of hydrogen-bond acceptors (Lipinski definition) is 3. The number of benzene rings is 1. The highest BCUT2D eigenvalue weighted by Crippen LogP contribution is 2.55. The summed E-state index contributed by atoms with van der Waals surface area (Å²) in [5.74, 6) is 0.276. The van der Waals surface area contributed by atoms with Crippen LogP contribution in [0, 0.1) is 0 Å². The van der Waals surface area contributed by atoms with Gasteiger partial charge in [0, 0.05) is 0 Å². The van der Waals surface area contributed by atoms with Gasteiger partial charge in [0.15, 0.2) is 0 Å². The van der Waals surface area contributed by atoms with Crippen LogP contribution >= 0.6 is 7.60 Å². The molecule has 0 unspecified atom stereocenters. The maximum absolute atomic E-state index is 11.7. The van der Waals surface area contributed by atoms with E-state index in [1.54, 1.807) is 38.1 Å². The molecule has 0 atom stereocenters. The van der Waals surface area contributed by atoms with Crippen molar-refractivity contribution < 1.29 is 19.1 Å². The first-order valence-corrected chi connectivity index (χ1v) is 7.67. The van der Waals surface area contributed by atoms with E-state index < -0.39 is 12.9 Å². The molecule has 106 valence electrons. The van der Waals surface area contributed by atoms with Crippen LogP contribution in [-0.4, -0.2) is 15.1 Å². The predicted molar refractivity (Wildman–Crippen MR) is 76.9 cm³/mol. The Bertz CT molecular complexity index is 505. The van der Waals surface area contributed by atoms with Gasteiger partial charge in [-0.25, -0.2) is 0 Å². The number of nitrogen functional groups attached to an aromatic ring is 1. The summed E-state index contributed by atoms with van der Waals surface area (Å²) >= 11 is 0. The van der Waals surface area contributed by atoms with Crippen LogP contribution in [0.5, 0.6) is 5.75 Å². The second kappa shape index (κ2) is 5.78. The molecule has 0 fully saturated rings. The van der Waals surface area contributed by atoms with Crippen LogP contribution in [0.25, 0.3) is 6.08 Å².